The van der Waals surface area contributed by atoms with E-state index in [9.17, 15) is 4.79 Å². The molecule has 0 aromatic heterocycles. The highest BCUT2D eigenvalue weighted by Gasteiger charge is 2.11. The number of ether oxygens (including phenoxy) is 2. The smallest absolute Gasteiger partial charge is 0.340 e. The first-order chi connectivity index (χ1) is 8.54. The van der Waals surface area contributed by atoms with E-state index in [0.717, 1.165) is 12.8 Å². The van der Waals surface area contributed by atoms with Gasteiger partial charge in [0.15, 0.2) is 0 Å². The van der Waals surface area contributed by atoms with Crippen molar-refractivity contribution in [1.82, 2.24) is 0 Å². The van der Waals surface area contributed by atoms with Crippen molar-refractivity contribution < 1.29 is 14.3 Å². The van der Waals surface area contributed by atoms with E-state index >= 15 is 0 Å². The zero-order valence-electron chi connectivity index (χ0n) is 11.2. The van der Waals surface area contributed by atoms with Gasteiger partial charge >= 0.3 is 5.97 Å². The first-order valence-electron chi connectivity index (χ1n) is 6.15. The van der Waals surface area contributed by atoms with Gasteiger partial charge in [0, 0.05) is 11.8 Å². The van der Waals surface area contributed by atoms with E-state index in [0.29, 0.717) is 29.5 Å². The number of carbonyl (C=O) groups is 1. The fourth-order valence-corrected chi connectivity index (χ4v) is 1.59. The molecule has 4 nitrogen and oxygen atoms in total. The summed E-state index contributed by atoms with van der Waals surface area (Å²) < 4.78 is 10.2. The standard InChI is InChI=1S/C14H21NO3/c1-10(2)5-4-8-18-14(16)12-7-6-11(17-3)9-13(12)15/h6-7,9-10H,4-5,8,15H2,1-3H3. The first kappa shape index (κ1) is 14.4. The third-order valence-corrected chi connectivity index (χ3v) is 2.64. The second-order valence-corrected chi connectivity index (χ2v) is 4.63. The largest absolute Gasteiger partial charge is 0.497 e. The van der Waals surface area contributed by atoms with Crippen molar-refractivity contribution >= 4 is 11.7 Å². The third-order valence-electron chi connectivity index (χ3n) is 2.64. The molecule has 0 bridgehead atoms. The Morgan fingerprint density at radius 2 is 2.11 bits per heavy atom. The zero-order valence-corrected chi connectivity index (χ0v) is 11.2. The molecule has 0 aliphatic carbocycles. The molecule has 0 aliphatic rings. The molecule has 4 heteroatoms. The summed E-state index contributed by atoms with van der Waals surface area (Å²) in [5.74, 6) is 0.873. The number of rotatable bonds is 6. The van der Waals surface area contributed by atoms with Crippen LogP contribution in [0.5, 0.6) is 5.75 Å². The predicted molar refractivity (Wildman–Crippen MR) is 71.8 cm³/mol. The lowest BCUT2D eigenvalue weighted by Crippen LogP contribution is -2.09. The van der Waals surface area contributed by atoms with E-state index in [1.165, 1.54) is 0 Å². The molecular weight excluding hydrogens is 230 g/mol. The summed E-state index contributed by atoms with van der Waals surface area (Å²) in [5.41, 5.74) is 6.54. The predicted octanol–water partition coefficient (Wildman–Crippen LogP) is 2.87. The lowest BCUT2D eigenvalue weighted by Gasteiger charge is -2.09. The number of nitrogens with two attached hydrogens (primary N) is 1. The van der Waals surface area contributed by atoms with Gasteiger partial charge in [-0.1, -0.05) is 13.8 Å². The highest BCUT2D eigenvalue weighted by molar-refractivity contribution is 5.95. The molecule has 2 N–H and O–H groups in total. The highest BCUT2D eigenvalue weighted by Crippen LogP contribution is 2.20. The Hall–Kier alpha value is -1.71. The lowest BCUT2D eigenvalue weighted by atomic mass is 10.1. The molecule has 1 aromatic carbocycles. The second kappa shape index (κ2) is 6.89. The molecule has 18 heavy (non-hydrogen) atoms. The molecule has 1 aromatic rings. The van der Waals surface area contributed by atoms with E-state index in [4.69, 9.17) is 15.2 Å². The van der Waals surface area contributed by atoms with Crippen LogP contribution in [-0.4, -0.2) is 19.7 Å². The molecule has 0 fully saturated rings. The minimum atomic E-state index is -0.376. The van der Waals surface area contributed by atoms with Crippen molar-refractivity contribution in [3.05, 3.63) is 23.8 Å². The monoisotopic (exact) mass is 251 g/mol. The summed E-state index contributed by atoms with van der Waals surface area (Å²) in [5, 5.41) is 0. The Balaban J connectivity index is 2.51. The maximum Gasteiger partial charge on any atom is 0.340 e. The molecular formula is C14H21NO3. The number of benzene rings is 1. The second-order valence-electron chi connectivity index (χ2n) is 4.63. The maximum absolute atomic E-state index is 11.8. The van der Waals surface area contributed by atoms with Crippen LogP contribution in [0, 0.1) is 5.92 Å². The quantitative estimate of drug-likeness (QED) is 0.480. The SMILES string of the molecule is COc1ccc(C(=O)OCCCC(C)C)c(N)c1. The minimum absolute atomic E-state index is 0.376. The van der Waals surface area contributed by atoms with E-state index in [1.807, 2.05) is 0 Å². The average molecular weight is 251 g/mol. The van der Waals surface area contributed by atoms with Gasteiger partial charge in [0.05, 0.1) is 19.3 Å². The van der Waals surface area contributed by atoms with E-state index in [-0.39, 0.29) is 5.97 Å². The number of hydrogen-bond acceptors (Lipinski definition) is 4. The molecule has 0 saturated carbocycles. The molecule has 0 spiro atoms. The van der Waals surface area contributed by atoms with E-state index < -0.39 is 0 Å². The van der Waals surface area contributed by atoms with Crippen LogP contribution in [0.2, 0.25) is 0 Å². The Kier molecular flexibility index (Phi) is 5.49. The number of methoxy groups -OCH3 is 1. The number of hydrogen-bond donors (Lipinski definition) is 1. The van der Waals surface area contributed by atoms with Crippen molar-refractivity contribution in [2.45, 2.75) is 26.7 Å². The molecule has 0 saturated heterocycles. The highest BCUT2D eigenvalue weighted by atomic mass is 16.5. The van der Waals surface area contributed by atoms with Gasteiger partial charge in [-0.3, -0.25) is 0 Å². The zero-order chi connectivity index (χ0) is 13.5. The summed E-state index contributed by atoms with van der Waals surface area (Å²) >= 11 is 0. The number of nitrogen functional groups attached to an aromatic ring is 1. The molecule has 0 atom stereocenters. The summed E-state index contributed by atoms with van der Waals surface area (Å²) in [6, 6.07) is 4.94. The average Bonchev–Trinajstić information content (AvgIpc) is 2.33. The van der Waals surface area contributed by atoms with Gasteiger partial charge in [-0.2, -0.15) is 0 Å². The van der Waals surface area contributed by atoms with Crippen molar-refractivity contribution in [2.75, 3.05) is 19.5 Å². The summed E-state index contributed by atoms with van der Waals surface area (Å²) in [6.45, 7) is 4.72. The number of anilines is 1. The molecule has 0 unspecified atom stereocenters. The summed E-state index contributed by atoms with van der Waals surface area (Å²) in [7, 11) is 1.55. The number of esters is 1. The van der Waals surface area contributed by atoms with Gasteiger partial charge in [0.1, 0.15) is 5.75 Å². The first-order valence-corrected chi connectivity index (χ1v) is 6.15. The lowest BCUT2D eigenvalue weighted by molar-refractivity contribution is 0.0496. The molecule has 0 aliphatic heterocycles. The van der Waals surface area contributed by atoms with E-state index in [1.54, 1.807) is 25.3 Å². The van der Waals surface area contributed by atoms with Crippen molar-refractivity contribution in [2.24, 2.45) is 5.92 Å². The van der Waals surface area contributed by atoms with Crippen LogP contribution in [0.3, 0.4) is 0 Å². The van der Waals surface area contributed by atoms with Gasteiger partial charge in [-0.05, 0) is 30.9 Å². The van der Waals surface area contributed by atoms with Gasteiger partial charge in [-0.25, -0.2) is 4.79 Å². The summed E-state index contributed by atoms with van der Waals surface area (Å²) in [4.78, 5) is 11.8. The Morgan fingerprint density at radius 3 is 2.67 bits per heavy atom. The molecule has 0 radical (unpaired) electrons. The normalized spacial score (nSPS) is 10.4. The van der Waals surface area contributed by atoms with Crippen molar-refractivity contribution in [3.8, 4) is 5.75 Å². The van der Waals surface area contributed by atoms with Crippen LogP contribution in [0.1, 0.15) is 37.0 Å². The van der Waals surface area contributed by atoms with E-state index in [2.05, 4.69) is 13.8 Å². The maximum atomic E-state index is 11.8. The van der Waals surface area contributed by atoms with Crippen LogP contribution < -0.4 is 10.5 Å². The van der Waals surface area contributed by atoms with Crippen LogP contribution in [0.25, 0.3) is 0 Å². The van der Waals surface area contributed by atoms with Gasteiger partial charge in [-0.15, -0.1) is 0 Å². The fourth-order valence-electron chi connectivity index (χ4n) is 1.59. The fraction of sp³-hybridized carbons (Fsp3) is 0.500. The van der Waals surface area contributed by atoms with Crippen molar-refractivity contribution in [3.63, 3.8) is 0 Å². The topological polar surface area (TPSA) is 61.5 Å². The molecule has 0 amide bonds. The third kappa shape index (κ3) is 4.28. The van der Waals surface area contributed by atoms with Crippen LogP contribution >= 0.6 is 0 Å². The van der Waals surface area contributed by atoms with Crippen LogP contribution in [0.4, 0.5) is 5.69 Å². The van der Waals surface area contributed by atoms with Crippen LogP contribution in [0.15, 0.2) is 18.2 Å². The van der Waals surface area contributed by atoms with Gasteiger partial charge in [0.25, 0.3) is 0 Å². The van der Waals surface area contributed by atoms with Gasteiger partial charge < -0.3 is 15.2 Å². The number of carbonyl (C=O) groups excluding carboxylic acids is 1. The summed E-state index contributed by atoms with van der Waals surface area (Å²) in [6.07, 6.45) is 1.92. The molecule has 100 valence electrons. The molecule has 1 rings (SSSR count). The Morgan fingerprint density at radius 1 is 1.39 bits per heavy atom. The van der Waals surface area contributed by atoms with Gasteiger partial charge in [0.2, 0.25) is 0 Å². The minimum Gasteiger partial charge on any atom is -0.497 e. The molecule has 0 heterocycles. The van der Waals surface area contributed by atoms with Crippen molar-refractivity contribution in [1.29, 1.82) is 0 Å². The Labute approximate surface area is 108 Å². The van der Waals surface area contributed by atoms with Crippen LogP contribution in [-0.2, 0) is 4.74 Å². The Bertz CT molecular complexity index is 402.